The number of carbonyl (C=O) groups excluding carboxylic acids is 1. The maximum atomic E-state index is 12.1. The molecule has 0 aromatic heterocycles. The average Bonchev–Trinajstić information content (AvgIpc) is 2.24. The Hall–Kier alpha value is -1.35. The molecule has 16 heavy (non-hydrogen) atoms. The van der Waals surface area contributed by atoms with Crippen molar-refractivity contribution in [2.75, 3.05) is 13.1 Å². The van der Waals surface area contributed by atoms with Crippen LogP contribution in [0.3, 0.4) is 0 Å². The molecule has 0 spiro atoms. The normalized spacial score (nSPS) is 18.1. The minimum absolute atomic E-state index is 0.0956. The molecule has 1 aromatic carbocycles. The van der Waals surface area contributed by atoms with E-state index in [0.717, 1.165) is 17.5 Å². The summed E-state index contributed by atoms with van der Waals surface area (Å²) in [6, 6.07) is 7.69. The van der Waals surface area contributed by atoms with E-state index in [2.05, 4.69) is 6.92 Å². The average molecular weight is 218 g/mol. The molecule has 0 saturated carbocycles. The highest BCUT2D eigenvalue weighted by atomic mass is 16.2. The molecule has 3 nitrogen and oxygen atoms in total. The van der Waals surface area contributed by atoms with Gasteiger partial charge >= 0.3 is 0 Å². The lowest BCUT2D eigenvalue weighted by molar-refractivity contribution is 0.0401. The Morgan fingerprint density at radius 2 is 2.19 bits per heavy atom. The first-order valence-corrected chi connectivity index (χ1v) is 5.69. The lowest BCUT2D eigenvalue weighted by Crippen LogP contribution is -2.68. The van der Waals surface area contributed by atoms with Gasteiger partial charge in [0.1, 0.15) is 0 Å². The molecule has 1 amide bonds. The number of likely N-dealkylation sites (tertiary alicyclic amines) is 1. The van der Waals surface area contributed by atoms with Crippen LogP contribution in [0.4, 0.5) is 0 Å². The molecule has 2 rings (SSSR count). The Bertz CT molecular complexity index is 408. The van der Waals surface area contributed by atoms with Gasteiger partial charge in [0, 0.05) is 18.7 Å². The highest BCUT2D eigenvalue weighted by molar-refractivity contribution is 5.95. The van der Waals surface area contributed by atoms with Crippen LogP contribution in [0.5, 0.6) is 0 Å². The number of rotatable bonds is 2. The summed E-state index contributed by atoms with van der Waals surface area (Å²) < 4.78 is 0. The fourth-order valence-electron chi connectivity index (χ4n) is 2.04. The van der Waals surface area contributed by atoms with E-state index in [-0.39, 0.29) is 11.4 Å². The van der Waals surface area contributed by atoms with Crippen LogP contribution in [0, 0.1) is 6.92 Å². The summed E-state index contributed by atoms with van der Waals surface area (Å²) in [7, 11) is 0. The molecule has 1 aliphatic rings. The summed E-state index contributed by atoms with van der Waals surface area (Å²) in [6.07, 6.45) is 0.921. The van der Waals surface area contributed by atoms with Crippen molar-refractivity contribution < 1.29 is 4.79 Å². The first kappa shape index (κ1) is 11.1. The van der Waals surface area contributed by atoms with Crippen molar-refractivity contribution in [2.45, 2.75) is 25.8 Å². The largest absolute Gasteiger partial charge is 0.335 e. The highest BCUT2D eigenvalue weighted by Gasteiger charge is 2.40. The first-order chi connectivity index (χ1) is 7.54. The molecule has 0 radical (unpaired) electrons. The Labute approximate surface area is 96.2 Å². The summed E-state index contributed by atoms with van der Waals surface area (Å²) in [4.78, 5) is 13.9. The number of benzene rings is 1. The van der Waals surface area contributed by atoms with Crippen molar-refractivity contribution in [1.29, 1.82) is 0 Å². The molecular weight excluding hydrogens is 200 g/mol. The van der Waals surface area contributed by atoms with Crippen molar-refractivity contribution in [3.05, 3.63) is 35.4 Å². The third kappa shape index (κ3) is 1.95. The van der Waals surface area contributed by atoms with E-state index in [1.54, 1.807) is 0 Å². The molecule has 2 N–H and O–H groups in total. The van der Waals surface area contributed by atoms with Gasteiger partial charge in [-0.3, -0.25) is 4.79 Å². The second-order valence-electron chi connectivity index (χ2n) is 4.75. The fraction of sp³-hybridized carbons (Fsp3) is 0.462. The fourth-order valence-corrected chi connectivity index (χ4v) is 2.04. The van der Waals surface area contributed by atoms with Gasteiger partial charge in [0.15, 0.2) is 0 Å². The third-order valence-corrected chi connectivity index (χ3v) is 3.27. The highest BCUT2D eigenvalue weighted by Crippen LogP contribution is 2.23. The third-order valence-electron chi connectivity index (χ3n) is 3.27. The standard InChI is InChI=1S/C13H18N2O/c1-3-13(14)8-15(9-13)12(16)11-6-4-5-10(2)7-11/h4-7H,3,8-9,14H2,1-2H3. The topological polar surface area (TPSA) is 46.3 Å². The van der Waals surface area contributed by atoms with Gasteiger partial charge in [-0.1, -0.05) is 24.6 Å². The Morgan fingerprint density at radius 3 is 2.75 bits per heavy atom. The maximum absolute atomic E-state index is 12.1. The smallest absolute Gasteiger partial charge is 0.253 e. The lowest BCUT2D eigenvalue weighted by atomic mass is 9.87. The van der Waals surface area contributed by atoms with Crippen LogP contribution in [0.25, 0.3) is 0 Å². The maximum Gasteiger partial charge on any atom is 0.253 e. The molecule has 86 valence electrons. The van der Waals surface area contributed by atoms with Crippen molar-refractivity contribution in [2.24, 2.45) is 5.73 Å². The van der Waals surface area contributed by atoms with Crippen LogP contribution in [0.1, 0.15) is 29.3 Å². The van der Waals surface area contributed by atoms with E-state index in [1.807, 2.05) is 36.1 Å². The molecule has 1 fully saturated rings. The molecule has 0 aliphatic carbocycles. The Morgan fingerprint density at radius 1 is 1.50 bits per heavy atom. The van der Waals surface area contributed by atoms with Crippen molar-refractivity contribution >= 4 is 5.91 Å². The van der Waals surface area contributed by atoms with E-state index >= 15 is 0 Å². The summed E-state index contributed by atoms with van der Waals surface area (Å²) in [5, 5.41) is 0. The Kier molecular flexibility index (Phi) is 2.72. The summed E-state index contributed by atoms with van der Waals surface area (Å²) in [6.45, 7) is 5.41. The molecular formula is C13H18N2O. The summed E-state index contributed by atoms with van der Waals surface area (Å²) >= 11 is 0. The minimum atomic E-state index is -0.153. The van der Waals surface area contributed by atoms with Gasteiger partial charge in [0.2, 0.25) is 0 Å². The van der Waals surface area contributed by atoms with Crippen molar-refractivity contribution in [1.82, 2.24) is 4.90 Å². The van der Waals surface area contributed by atoms with E-state index < -0.39 is 0 Å². The zero-order valence-electron chi connectivity index (χ0n) is 9.86. The number of carbonyl (C=O) groups is 1. The van der Waals surface area contributed by atoms with Crippen LogP contribution >= 0.6 is 0 Å². The van der Waals surface area contributed by atoms with Crippen molar-refractivity contribution in [3.8, 4) is 0 Å². The Balaban J connectivity index is 2.06. The molecule has 1 saturated heterocycles. The van der Waals surface area contributed by atoms with Gasteiger partial charge in [0.25, 0.3) is 5.91 Å². The summed E-state index contributed by atoms with van der Waals surface area (Å²) in [5.74, 6) is 0.0956. The van der Waals surface area contributed by atoms with E-state index in [9.17, 15) is 4.79 Å². The van der Waals surface area contributed by atoms with Crippen LogP contribution in [0.2, 0.25) is 0 Å². The van der Waals surface area contributed by atoms with Crippen LogP contribution in [-0.4, -0.2) is 29.4 Å². The lowest BCUT2D eigenvalue weighted by Gasteiger charge is -2.47. The van der Waals surface area contributed by atoms with E-state index in [4.69, 9.17) is 5.73 Å². The number of hydrogen-bond donors (Lipinski definition) is 1. The van der Waals surface area contributed by atoms with Gasteiger partial charge in [0.05, 0.1) is 5.54 Å². The SMILES string of the molecule is CCC1(N)CN(C(=O)c2cccc(C)c2)C1. The number of nitrogens with two attached hydrogens (primary N) is 1. The second-order valence-corrected chi connectivity index (χ2v) is 4.75. The van der Waals surface area contributed by atoms with Crippen LogP contribution < -0.4 is 5.73 Å². The van der Waals surface area contributed by atoms with Gasteiger partial charge in [-0.2, -0.15) is 0 Å². The van der Waals surface area contributed by atoms with E-state index in [1.165, 1.54) is 0 Å². The molecule has 1 aliphatic heterocycles. The van der Waals surface area contributed by atoms with E-state index in [0.29, 0.717) is 13.1 Å². The molecule has 0 atom stereocenters. The number of hydrogen-bond acceptors (Lipinski definition) is 2. The van der Waals surface area contributed by atoms with Gasteiger partial charge < -0.3 is 10.6 Å². The van der Waals surface area contributed by atoms with Gasteiger partial charge in [-0.05, 0) is 25.5 Å². The second kappa shape index (κ2) is 3.91. The van der Waals surface area contributed by atoms with Crippen molar-refractivity contribution in [3.63, 3.8) is 0 Å². The molecule has 0 bridgehead atoms. The van der Waals surface area contributed by atoms with Gasteiger partial charge in [-0.25, -0.2) is 0 Å². The number of amides is 1. The summed E-state index contributed by atoms with van der Waals surface area (Å²) in [5.41, 5.74) is 7.77. The predicted octanol–water partition coefficient (Wildman–Crippen LogP) is 1.56. The minimum Gasteiger partial charge on any atom is -0.335 e. The number of nitrogens with zero attached hydrogens (tertiary/aromatic N) is 1. The monoisotopic (exact) mass is 218 g/mol. The quantitative estimate of drug-likeness (QED) is 0.818. The number of aryl methyl sites for hydroxylation is 1. The zero-order chi connectivity index (χ0) is 11.8. The molecule has 1 aromatic rings. The van der Waals surface area contributed by atoms with Crippen LogP contribution in [-0.2, 0) is 0 Å². The van der Waals surface area contributed by atoms with Gasteiger partial charge in [-0.15, -0.1) is 0 Å². The predicted molar refractivity (Wildman–Crippen MR) is 64.3 cm³/mol. The molecule has 1 heterocycles. The van der Waals surface area contributed by atoms with Crippen LogP contribution in [0.15, 0.2) is 24.3 Å². The first-order valence-electron chi connectivity index (χ1n) is 5.69. The molecule has 3 heteroatoms. The molecule has 0 unspecified atom stereocenters. The zero-order valence-corrected chi connectivity index (χ0v) is 9.86.